The smallest absolute Gasteiger partial charge is 0.175 e. The van der Waals surface area contributed by atoms with Crippen LogP contribution in [-0.2, 0) is 14.6 Å². The van der Waals surface area contributed by atoms with Crippen molar-refractivity contribution < 1.29 is 17.9 Å². The van der Waals surface area contributed by atoms with Crippen molar-refractivity contribution >= 4 is 9.84 Å². The first-order chi connectivity index (χ1) is 7.55. The third kappa shape index (κ3) is 2.74. The number of hydrogen-bond donors (Lipinski definition) is 0. The molecule has 0 saturated carbocycles. The Hall–Kier alpha value is -1.07. The van der Waals surface area contributed by atoms with Crippen molar-refractivity contribution in [2.45, 2.75) is 17.4 Å². The summed E-state index contributed by atoms with van der Waals surface area (Å²) in [4.78, 5) is 0.308. The van der Waals surface area contributed by atoms with Crippen LogP contribution in [0.25, 0.3) is 0 Å². The second-order valence-corrected chi connectivity index (χ2v) is 5.86. The van der Waals surface area contributed by atoms with Crippen molar-refractivity contribution in [3.05, 3.63) is 24.3 Å². The Bertz CT molecular complexity index is 443. The Kier molecular flexibility index (Phi) is 3.16. The predicted molar refractivity (Wildman–Crippen MR) is 59.4 cm³/mol. The molecule has 1 heterocycles. The van der Waals surface area contributed by atoms with Crippen LogP contribution < -0.4 is 4.74 Å². The van der Waals surface area contributed by atoms with Crippen molar-refractivity contribution in [1.82, 2.24) is 0 Å². The molecule has 0 spiro atoms. The molecule has 16 heavy (non-hydrogen) atoms. The fourth-order valence-corrected chi connectivity index (χ4v) is 2.19. The van der Waals surface area contributed by atoms with E-state index in [1.807, 2.05) is 0 Å². The van der Waals surface area contributed by atoms with Gasteiger partial charge in [0.25, 0.3) is 0 Å². The fraction of sp³-hybridized carbons (Fsp3) is 0.455. The number of sulfone groups is 1. The molecule has 88 valence electrons. The van der Waals surface area contributed by atoms with E-state index in [4.69, 9.17) is 9.47 Å². The van der Waals surface area contributed by atoms with Gasteiger partial charge in [0, 0.05) is 12.7 Å². The van der Waals surface area contributed by atoms with E-state index in [0.29, 0.717) is 17.3 Å². The van der Waals surface area contributed by atoms with Crippen LogP contribution in [0.5, 0.6) is 5.75 Å². The van der Waals surface area contributed by atoms with Gasteiger partial charge in [-0.1, -0.05) is 0 Å². The highest BCUT2D eigenvalue weighted by Gasteiger charge is 2.17. The monoisotopic (exact) mass is 242 g/mol. The molecule has 0 N–H and O–H groups in total. The zero-order valence-corrected chi connectivity index (χ0v) is 9.87. The average Bonchev–Trinajstić information content (AvgIpc) is 2.70. The van der Waals surface area contributed by atoms with E-state index in [1.54, 1.807) is 24.3 Å². The lowest BCUT2D eigenvalue weighted by Crippen LogP contribution is -2.15. The number of hydrogen-bond acceptors (Lipinski definition) is 4. The zero-order valence-electron chi connectivity index (χ0n) is 9.05. The van der Waals surface area contributed by atoms with Crippen molar-refractivity contribution in [3.63, 3.8) is 0 Å². The Morgan fingerprint density at radius 2 is 2.00 bits per heavy atom. The lowest BCUT2D eigenvalue weighted by Gasteiger charge is -2.11. The first kappa shape index (κ1) is 11.4. The molecule has 1 saturated heterocycles. The maximum atomic E-state index is 11.2. The maximum absolute atomic E-state index is 11.2. The Morgan fingerprint density at radius 3 is 2.50 bits per heavy atom. The van der Waals surface area contributed by atoms with E-state index in [2.05, 4.69) is 0 Å². The molecule has 0 radical (unpaired) electrons. The van der Waals surface area contributed by atoms with Gasteiger partial charge in [-0.15, -0.1) is 0 Å². The highest BCUT2D eigenvalue weighted by atomic mass is 32.2. The van der Waals surface area contributed by atoms with Gasteiger partial charge in [0.1, 0.15) is 11.9 Å². The number of ether oxygens (including phenoxy) is 2. The van der Waals surface area contributed by atoms with Gasteiger partial charge < -0.3 is 9.47 Å². The molecule has 1 aliphatic heterocycles. The molecular formula is C11H14O4S. The summed E-state index contributed by atoms with van der Waals surface area (Å²) in [6, 6.07) is 6.46. The van der Waals surface area contributed by atoms with E-state index in [-0.39, 0.29) is 6.10 Å². The highest BCUT2D eigenvalue weighted by Crippen LogP contribution is 2.19. The van der Waals surface area contributed by atoms with Crippen LogP contribution in [0, 0.1) is 0 Å². The zero-order chi connectivity index (χ0) is 11.6. The van der Waals surface area contributed by atoms with Crippen LogP contribution in [0.3, 0.4) is 0 Å². The average molecular weight is 242 g/mol. The van der Waals surface area contributed by atoms with Crippen LogP contribution in [0.1, 0.15) is 6.42 Å². The first-order valence-electron chi connectivity index (χ1n) is 5.10. The van der Waals surface area contributed by atoms with Gasteiger partial charge in [0.15, 0.2) is 9.84 Å². The third-order valence-corrected chi connectivity index (χ3v) is 3.57. The lowest BCUT2D eigenvalue weighted by atomic mass is 10.3. The van der Waals surface area contributed by atoms with Crippen molar-refractivity contribution in [2.75, 3.05) is 19.5 Å². The lowest BCUT2D eigenvalue weighted by molar-refractivity contribution is 0.141. The topological polar surface area (TPSA) is 52.6 Å². The van der Waals surface area contributed by atoms with E-state index in [9.17, 15) is 8.42 Å². The molecular weight excluding hydrogens is 228 g/mol. The highest BCUT2D eigenvalue weighted by molar-refractivity contribution is 7.90. The molecule has 4 nitrogen and oxygen atoms in total. The second-order valence-electron chi connectivity index (χ2n) is 3.85. The summed E-state index contributed by atoms with van der Waals surface area (Å²) in [5.74, 6) is 0.683. The SMILES string of the molecule is CS(=O)(=O)c1ccc(O[C@H]2CCOC2)cc1. The summed E-state index contributed by atoms with van der Waals surface area (Å²) in [6.45, 7) is 1.33. The molecule has 0 aliphatic carbocycles. The van der Waals surface area contributed by atoms with Gasteiger partial charge in [-0.25, -0.2) is 8.42 Å². The molecule has 1 fully saturated rings. The second kappa shape index (κ2) is 4.43. The maximum Gasteiger partial charge on any atom is 0.175 e. The summed E-state index contributed by atoms with van der Waals surface area (Å²) in [5.41, 5.74) is 0. The third-order valence-electron chi connectivity index (χ3n) is 2.44. The van der Waals surface area contributed by atoms with Crippen LogP contribution >= 0.6 is 0 Å². The minimum atomic E-state index is -3.13. The molecule has 2 rings (SSSR count). The summed E-state index contributed by atoms with van der Waals surface area (Å²) in [6.07, 6.45) is 2.16. The van der Waals surface area contributed by atoms with Crippen LogP contribution in [-0.4, -0.2) is 34.0 Å². The molecule has 0 unspecified atom stereocenters. The largest absolute Gasteiger partial charge is 0.488 e. The van der Waals surface area contributed by atoms with Crippen molar-refractivity contribution in [3.8, 4) is 5.75 Å². The fourth-order valence-electron chi connectivity index (χ4n) is 1.56. The summed E-state index contributed by atoms with van der Waals surface area (Å²) < 4.78 is 33.3. The molecule has 1 atom stereocenters. The molecule has 1 aliphatic rings. The molecule has 0 amide bonds. The Labute approximate surface area is 95.1 Å². The van der Waals surface area contributed by atoms with Crippen LogP contribution in [0.4, 0.5) is 0 Å². The molecule has 1 aromatic carbocycles. The summed E-state index contributed by atoms with van der Waals surface area (Å²) >= 11 is 0. The van der Waals surface area contributed by atoms with Gasteiger partial charge in [0.2, 0.25) is 0 Å². The Morgan fingerprint density at radius 1 is 1.31 bits per heavy atom. The molecule has 1 aromatic rings. The van der Waals surface area contributed by atoms with Gasteiger partial charge in [0.05, 0.1) is 18.1 Å². The van der Waals surface area contributed by atoms with Gasteiger partial charge in [-0.05, 0) is 24.3 Å². The van der Waals surface area contributed by atoms with Crippen molar-refractivity contribution in [2.24, 2.45) is 0 Å². The molecule has 0 aromatic heterocycles. The number of rotatable bonds is 3. The van der Waals surface area contributed by atoms with Crippen LogP contribution in [0.2, 0.25) is 0 Å². The van der Waals surface area contributed by atoms with Crippen molar-refractivity contribution in [1.29, 1.82) is 0 Å². The Balaban J connectivity index is 2.07. The van der Waals surface area contributed by atoms with Crippen LogP contribution in [0.15, 0.2) is 29.2 Å². The standard InChI is InChI=1S/C11H14O4S/c1-16(12,13)11-4-2-9(3-5-11)15-10-6-7-14-8-10/h2-5,10H,6-8H2,1H3/t10-/m0/s1. The van der Waals surface area contributed by atoms with Gasteiger partial charge >= 0.3 is 0 Å². The van der Waals surface area contributed by atoms with E-state index in [1.165, 1.54) is 6.26 Å². The summed E-state index contributed by atoms with van der Waals surface area (Å²) in [5, 5.41) is 0. The van der Waals surface area contributed by atoms with Gasteiger partial charge in [-0.2, -0.15) is 0 Å². The van der Waals surface area contributed by atoms with E-state index in [0.717, 1.165) is 13.0 Å². The minimum absolute atomic E-state index is 0.0871. The first-order valence-corrected chi connectivity index (χ1v) is 6.99. The predicted octanol–water partition coefficient (Wildman–Crippen LogP) is 1.26. The normalized spacial score (nSPS) is 20.9. The van der Waals surface area contributed by atoms with E-state index >= 15 is 0 Å². The van der Waals surface area contributed by atoms with E-state index < -0.39 is 9.84 Å². The molecule has 0 bridgehead atoms. The summed E-state index contributed by atoms with van der Waals surface area (Å²) in [7, 11) is -3.13. The molecule has 5 heteroatoms. The quantitative estimate of drug-likeness (QED) is 0.800. The number of benzene rings is 1. The minimum Gasteiger partial charge on any atom is -0.488 e. The van der Waals surface area contributed by atoms with Gasteiger partial charge in [-0.3, -0.25) is 0 Å².